The lowest BCUT2D eigenvalue weighted by molar-refractivity contribution is 0.191. The SMILES string of the molecule is Cc1ccc2oc(C(O)c3ccc(F)cc3Br)cc2c1. The van der Waals surface area contributed by atoms with E-state index in [-0.39, 0.29) is 5.82 Å². The van der Waals surface area contributed by atoms with Crippen LogP contribution in [0.3, 0.4) is 0 Å². The van der Waals surface area contributed by atoms with Crippen LogP contribution in [-0.2, 0) is 0 Å². The topological polar surface area (TPSA) is 33.4 Å². The van der Waals surface area contributed by atoms with Crippen LogP contribution in [0.25, 0.3) is 11.0 Å². The molecule has 0 fully saturated rings. The third-order valence-electron chi connectivity index (χ3n) is 3.22. The quantitative estimate of drug-likeness (QED) is 0.735. The third-order valence-corrected chi connectivity index (χ3v) is 3.90. The van der Waals surface area contributed by atoms with E-state index < -0.39 is 6.10 Å². The molecule has 0 bridgehead atoms. The Balaban J connectivity index is 2.05. The molecule has 3 aromatic rings. The Labute approximate surface area is 124 Å². The summed E-state index contributed by atoms with van der Waals surface area (Å²) in [5.74, 6) is 0.0889. The van der Waals surface area contributed by atoms with Gasteiger partial charge in [-0.05, 0) is 37.3 Å². The molecule has 0 saturated carbocycles. The van der Waals surface area contributed by atoms with E-state index in [2.05, 4.69) is 15.9 Å². The van der Waals surface area contributed by atoms with E-state index >= 15 is 0 Å². The van der Waals surface area contributed by atoms with Crippen molar-refractivity contribution in [3.63, 3.8) is 0 Å². The van der Waals surface area contributed by atoms with Crippen molar-refractivity contribution in [2.24, 2.45) is 0 Å². The molecule has 4 heteroatoms. The van der Waals surface area contributed by atoms with Gasteiger partial charge in [-0.2, -0.15) is 0 Å². The zero-order valence-electron chi connectivity index (χ0n) is 10.7. The molecule has 0 aliphatic heterocycles. The number of hydrogen-bond acceptors (Lipinski definition) is 2. The molecule has 0 aliphatic carbocycles. The smallest absolute Gasteiger partial charge is 0.138 e. The second-order valence-corrected chi connectivity index (χ2v) is 5.61. The summed E-state index contributed by atoms with van der Waals surface area (Å²) in [5, 5.41) is 11.3. The maximum absolute atomic E-state index is 13.1. The van der Waals surface area contributed by atoms with Gasteiger partial charge in [0.1, 0.15) is 23.3 Å². The first kappa shape index (κ1) is 13.3. The van der Waals surface area contributed by atoms with E-state index in [1.807, 2.05) is 31.2 Å². The average molecular weight is 335 g/mol. The average Bonchev–Trinajstić information content (AvgIpc) is 2.81. The summed E-state index contributed by atoms with van der Waals surface area (Å²) in [5.41, 5.74) is 2.42. The summed E-state index contributed by atoms with van der Waals surface area (Å²) in [6.45, 7) is 2.00. The predicted molar refractivity (Wildman–Crippen MR) is 79.1 cm³/mol. The number of aliphatic hydroxyl groups excluding tert-OH is 1. The standard InChI is InChI=1S/C16H12BrFO2/c1-9-2-5-14-10(6-9)7-15(20-14)16(19)12-4-3-11(18)8-13(12)17/h2-8,16,19H,1H3. The zero-order valence-corrected chi connectivity index (χ0v) is 12.3. The molecule has 2 aromatic carbocycles. The third kappa shape index (κ3) is 2.37. The summed E-state index contributed by atoms with van der Waals surface area (Å²) in [7, 11) is 0. The zero-order chi connectivity index (χ0) is 14.3. The lowest BCUT2D eigenvalue weighted by atomic mass is 10.1. The van der Waals surface area contributed by atoms with Crippen molar-refractivity contribution in [1.82, 2.24) is 0 Å². The molecule has 1 unspecified atom stereocenters. The molecule has 0 radical (unpaired) electrons. The van der Waals surface area contributed by atoms with Gasteiger partial charge in [0, 0.05) is 15.4 Å². The highest BCUT2D eigenvalue weighted by Crippen LogP contribution is 2.32. The molecule has 0 spiro atoms. The molecule has 2 nitrogen and oxygen atoms in total. The number of rotatable bonds is 2. The number of hydrogen-bond donors (Lipinski definition) is 1. The van der Waals surface area contributed by atoms with Gasteiger partial charge in [0.2, 0.25) is 0 Å². The Morgan fingerprint density at radius 1 is 1.15 bits per heavy atom. The molecule has 20 heavy (non-hydrogen) atoms. The van der Waals surface area contributed by atoms with Crippen LogP contribution in [-0.4, -0.2) is 5.11 Å². The van der Waals surface area contributed by atoms with Crippen LogP contribution >= 0.6 is 15.9 Å². The number of halogens is 2. The first-order chi connectivity index (χ1) is 9.54. The van der Waals surface area contributed by atoms with E-state index in [1.54, 1.807) is 6.07 Å². The fourth-order valence-electron chi connectivity index (χ4n) is 2.19. The van der Waals surface area contributed by atoms with Crippen LogP contribution < -0.4 is 0 Å². The number of aliphatic hydroxyl groups is 1. The molecule has 1 heterocycles. The van der Waals surface area contributed by atoms with Gasteiger partial charge in [-0.15, -0.1) is 0 Å². The molecule has 0 amide bonds. The molecule has 1 aromatic heterocycles. The van der Waals surface area contributed by atoms with Crippen molar-refractivity contribution < 1.29 is 13.9 Å². The largest absolute Gasteiger partial charge is 0.458 e. The Bertz CT molecular complexity index is 779. The normalized spacial score (nSPS) is 12.8. The highest BCUT2D eigenvalue weighted by Gasteiger charge is 2.18. The number of benzene rings is 2. The van der Waals surface area contributed by atoms with Crippen molar-refractivity contribution in [2.45, 2.75) is 13.0 Å². The number of fused-ring (bicyclic) bond motifs is 1. The minimum Gasteiger partial charge on any atom is -0.458 e. The van der Waals surface area contributed by atoms with Gasteiger partial charge in [-0.1, -0.05) is 33.6 Å². The Morgan fingerprint density at radius 3 is 2.70 bits per heavy atom. The highest BCUT2D eigenvalue weighted by atomic mass is 79.9. The lowest BCUT2D eigenvalue weighted by Gasteiger charge is -2.10. The van der Waals surface area contributed by atoms with Gasteiger partial charge in [0.25, 0.3) is 0 Å². The van der Waals surface area contributed by atoms with Crippen LogP contribution in [0.1, 0.15) is 23.0 Å². The fourth-order valence-corrected chi connectivity index (χ4v) is 2.76. The highest BCUT2D eigenvalue weighted by molar-refractivity contribution is 9.10. The van der Waals surface area contributed by atoms with Crippen molar-refractivity contribution in [3.05, 3.63) is 69.6 Å². The number of furan rings is 1. The van der Waals surface area contributed by atoms with Gasteiger partial charge in [0.05, 0.1) is 0 Å². The molecule has 0 aliphatic rings. The minimum atomic E-state index is -0.933. The Kier molecular flexibility index (Phi) is 3.36. The second kappa shape index (κ2) is 5.04. The summed E-state index contributed by atoms with van der Waals surface area (Å²) in [6, 6.07) is 11.8. The van der Waals surface area contributed by atoms with E-state index in [9.17, 15) is 9.50 Å². The lowest BCUT2D eigenvalue weighted by Crippen LogP contribution is -1.99. The predicted octanol–water partition coefficient (Wildman–Crippen LogP) is 4.72. The molecular weight excluding hydrogens is 323 g/mol. The van der Waals surface area contributed by atoms with Crippen molar-refractivity contribution in [1.29, 1.82) is 0 Å². The summed E-state index contributed by atoms with van der Waals surface area (Å²) < 4.78 is 19.3. The molecule has 3 rings (SSSR count). The van der Waals surface area contributed by atoms with Crippen LogP contribution in [0.4, 0.5) is 4.39 Å². The summed E-state index contributed by atoms with van der Waals surface area (Å²) in [4.78, 5) is 0. The van der Waals surface area contributed by atoms with Gasteiger partial charge in [0.15, 0.2) is 0 Å². The summed E-state index contributed by atoms with van der Waals surface area (Å²) >= 11 is 3.26. The maximum atomic E-state index is 13.1. The van der Waals surface area contributed by atoms with Gasteiger partial charge >= 0.3 is 0 Å². The Hall–Kier alpha value is -1.65. The van der Waals surface area contributed by atoms with Crippen LogP contribution in [0, 0.1) is 12.7 Å². The Morgan fingerprint density at radius 2 is 1.95 bits per heavy atom. The van der Waals surface area contributed by atoms with Gasteiger partial charge in [-0.3, -0.25) is 0 Å². The van der Waals surface area contributed by atoms with Crippen molar-refractivity contribution >= 4 is 26.9 Å². The second-order valence-electron chi connectivity index (χ2n) is 4.76. The molecule has 1 atom stereocenters. The first-order valence-electron chi connectivity index (χ1n) is 6.18. The fraction of sp³-hybridized carbons (Fsp3) is 0.125. The minimum absolute atomic E-state index is 0.354. The maximum Gasteiger partial charge on any atom is 0.138 e. The van der Waals surface area contributed by atoms with Gasteiger partial charge in [-0.25, -0.2) is 4.39 Å². The molecule has 102 valence electrons. The number of aryl methyl sites for hydroxylation is 1. The molecule has 1 N–H and O–H groups in total. The van der Waals surface area contributed by atoms with E-state index in [0.29, 0.717) is 15.8 Å². The van der Waals surface area contributed by atoms with Crippen molar-refractivity contribution in [3.8, 4) is 0 Å². The first-order valence-corrected chi connectivity index (χ1v) is 6.97. The van der Waals surface area contributed by atoms with E-state index in [0.717, 1.165) is 16.5 Å². The van der Waals surface area contributed by atoms with Crippen LogP contribution in [0.5, 0.6) is 0 Å². The molecule has 0 saturated heterocycles. The van der Waals surface area contributed by atoms with Crippen molar-refractivity contribution in [2.75, 3.05) is 0 Å². The van der Waals surface area contributed by atoms with Crippen LogP contribution in [0.2, 0.25) is 0 Å². The summed E-state index contributed by atoms with van der Waals surface area (Å²) in [6.07, 6.45) is -0.933. The van der Waals surface area contributed by atoms with E-state index in [4.69, 9.17) is 4.42 Å². The van der Waals surface area contributed by atoms with E-state index in [1.165, 1.54) is 12.1 Å². The van der Waals surface area contributed by atoms with Crippen LogP contribution in [0.15, 0.2) is 51.4 Å². The molecular formula is C16H12BrFO2. The monoisotopic (exact) mass is 334 g/mol. The van der Waals surface area contributed by atoms with Gasteiger partial charge < -0.3 is 9.52 Å².